The first-order chi connectivity index (χ1) is 13.7. The van der Waals surface area contributed by atoms with Crippen LogP contribution in [-0.2, 0) is 19.9 Å². The van der Waals surface area contributed by atoms with Gasteiger partial charge in [0, 0.05) is 19.6 Å². The Morgan fingerprint density at radius 2 is 1.52 bits per heavy atom. The molecule has 1 saturated heterocycles. The van der Waals surface area contributed by atoms with Crippen molar-refractivity contribution in [3.63, 3.8) is 0 Å². The van der Waals surface area contributed by atoms with E-state index >= 15 is 0 Å². The van der Waals surface area contributed by atoms with Crippen molar-refractivity contribution in [2.24, 2.45) is 5.92 Å². The summed E-state index contributed by atoms with van der Waals surface area (Å²) in [5.74, 6) is -3.39. The number of rotatable bonds is 7. The lowest BCUT2D eigenvalue weighted by Gasteiger charge is -2.31. The van der Waals surface area contributed by atoms with E-state index in [1.54, 1.807) is 36.4 Å². The van der Waals surface area contributed by atoms with E-state index in [1.165, 1.54) is 16.4 Å². The molecule has 2 aromatic carbocycles. The summed E-state index contributed by atoms with van der Waals surface area (Å²) >= 11 is 0. The highest BCUT2D eigenvalue weighted by molar-refractivity contribution is 7.91. The number of nitrogens with one attached hydrogen (secondary N) is 1. The molecule has 0 spiro atoms. The van der Waals surface area contributed by atoms with Gasteiger partial charge in [0.15, 0.2) is 0 Å². The minimum atomic E-state index is -4.70. The van der Waals surface area contributed by atoms with E-state index in [1.807, 2.05) is 0 Å². The van der Waals surface area contributed by atoms with Crippen LogP contribution in [0.3, 0.4) is 0 Å². The molecule has 0 aliphatic carbocycles. The number of hydrogen-bond donors (Lipinski definition) is 1. The summed E-state index contributed by atoms with van der Waals surface area (Å²) in [6.07, 6.45) is 1.17. The van der Waals surface area contributed by atoms with E-state index in [-0.39, 0.29) is 16.5 Å². The standard InChI is InChI=1S/C19H22F2N2O4S2/c20-19(21)28(24,25)18-9-5-4-8-17(18)22-14-15-10-12-23(13-11-15)29(26,27)16-6-2-1-3-7-16/h1-9,15,19,22H,10-14H2. The number of sulfone groups is 1. The van der Waals surface area contributed by atoms with Crippen LogP contribution >= 0.6 is 0 Å². The molecule has 1 aliphatic heterocycles. The first kappa shape index (κ1) is 21.7. The Labute approximate surface area is 169 Å². The van der Waals surface area contributed by atoms with Crippen LogP contribution in [0.2, 0.25) is 0 Å². The second-order valence-corrected chi connectivity index (χ2v) is 10.7. The van der Waals surface area contributed by atoms with Crippen LogP contribution in [0, 0.1) is 5.92 Å². The van der Waals surface area contributed by atoms with E-state index in [0.717, 1.165) is 6.07 Å². The molecule has 0 aromatic heterocycles. The van der Waals surface area contributed by atoms with Gasteiger partial charge in [0.25, 0.3) is 0 Å². The van der Waals surface area contributed by atoms with Crippen LogP contribution in [0.5, 0.6) is 0 Å². The SMILES string of the molecule is O=S(=O)(c1ccccc1NCC1CCN(S(=O)(=O)c2ccccc2)CC1)C(F)F. The second-order valence-electron chi connectivity index (χ2n) is 6.84. The van der Waals surface area contributed by atoms with Crippen LogP contribution in [0.1, 0.15) is 12.8 Å². The number of anilines is 1. The van der Waals surface area contributed by atoms with Crippen molar-refractivity contribution in [2.45, 2.75) is 28.4 Å². The lowest BCUT2D eigenvalue weighted by Crippen LogP contribution is -2.39. The smallest absolute Gasteiger partial charge is 0.341 e. The van der Waals surface area contributed by atoms with Crippen molar-refractivity contribution in [3.8, 4) is 0 Å². The van der Waals surface area contributed by atoms with Gasteiger partial charge in [-0.2, -0.15) is 13.1 Å². The van der Waals surface area contributed by atoms with Crippen LogP contribution in [-0.4, -0.2) is 46.5 Å². The van der Waals surface area contributed by atoms with Crippen molar-refractivity contribution in [2.75, 3.05) is 25.0 Å². The fourth-order valence-electron chi connectivity index (χ4n) is 3.31. The number of alkyl halides is 2. The van der Waals surface area contributed by atoms with Gasteiger partial charge >= 0.3 is 5.76 Å². The number of para-hydroxylation sites is 1. The summed E-state index contributed by atoms with van der Waals surface area (Å²) < 4.78 is 76.2. The zero-order chi connectivity index (χ0) is 21.1. The molecule has 0 unspecified atom stereocenters. The summed E-state index contributed by atoms with van der Waals surface area (Å²) in [5.41, 5.74) is 0.132. The van der Waals surface area contributed by atoms with Crippen molar-refractivity contribution in [3.05, 3.63) is 54.6 Å². The Balaban J connectivity index is 1.62. The first-order valence-electron chi connectivity index (χ1n) is 9.13. The number of sulfonamides is 1. The van der Waals surface area contributed by atoms with Crippen molar-refractivity contribution in [1.29, 1.82) is 0 Å². The minimum absolute atomic E-state index is 0.0968. The Bertz CT molecular complexity index is 1040. The van der Waals surface area contributed by atoms with E-state index in [9.17, 15) is 25.6 Å². The maximum Gasteiger partial charge on any atom is 0.341 e. The molecule has 0 radical (unpaired) electrons. The Morgan fingerprint density at radius 1 is 0.931 bits per heavy atom. The molecule has 3 rings (SSSR count). The maximum atomic E-state index is 12.9. The van der Waals surface area contributed by atoms with Gasteiger partial charge in [-0.15, -0.1) is 0 Å². The predicted octanol–water partition coefficient (Wildman–Crippen LogP) is 3.20. The predicted molar refractivity (Wildman–Crippen MR) is 106 cm³/mol. The fraction of sp³-hybridized carbons (Fsp3) is 0.368. The summed E-state index contributed by atoms with van der Waals surface area (Å²) in [6.45, 7) is 1.07. The zero-order valence-corrected chi connectivity index (χ0v) is 17.2. The highest BCUT2D eigenvalue weighted by Gasteiger charge is 2.31. The molecule has 0 bridgehead atoms. The zero-order valence-electron chi connectivity index (χ0n) is 15.5. The van der Waals surface area contributed by atoms with E-state index in [0.29, 0.717) is 32.5 Å². The highest BCUT2D eigenvalue weighted by atomic mass is 32.2. The van der Waals surface area contributed by atoms with E-state index < -0.39 is 30.5 Å². The molecule has 1 aliphatic rings. The minimum Gasteiger partial charge on any atom is -0.384 e. The number of benzene rings is 2. The molecular weight excluding hydrogens is 422 g/mol. The molecule has 0 atom stereocenters. The molecule has 29 heavy (non-hydrogen) atoms. The summed E-state index contributed by atoms with van der Waals surface area (Å²) in [4.78, 5) is -0.179. The van der Waals surface area contributed by atoms with Crippen molar-refractivity contribution < 1.29 is 25.6 Å². The van der Waals surface area contributed by atoms with Gasteiger partial charge in [-0.3, -0.25) is 0 Å². The lowest BCUT2D eigenvalue weighted by molar-refractivity contribution is 0.235. The topological polar surface area (TPSA) is 83.6 Å². The molecule has 158 valence electrons. The van der Waals surface area contributed by atoms with Gasteiger partial charge < -0.3 is 5.32 Å². The fourth-order valence-corrected chi connectivity index (χ4v) is 5.70. The van der Waals surface area contributed by atoms with Crippen LogP contribution < -0.4 is 5.32 Å². The van der Waals surface area contributed by atoms with Crippen LogP contribution in [0.15, 0.2) is 64.4 Å². The van der Waals surface area contributed by atoms with Gasteiger partial charge in [-0.25, -0.2) is 16.8 Å². The number of piperidine rings is 1. The average molecular weight is 445 g/mol. The van der Waals surface area contributed by atoms with Gasteiger partial charge in [-0.1, -0.05) is 30.3 Å². The largest absolute Gasteiger partial charge is 0.384 e. The molecule has 2 aromatic rings. The molecule has 0 saturated carbocycles. The quantitative estimate of drug-likeness (QED) is 0.709. The molecule has 1 heterocycles. The maximum absolute atomic E-state index is 12.9. The third kappa shape index (κ3) is 4.76. The molecule has 6 nitrogen and oxygen atoms in total. The molecular formula is C19H22F2N2O4S2. The second kappa shape index (κ2) is 8.76. The Kier molecular flexibility index (Phi) is 6.55. The first-order valence-corrected chi connectivity index (χ1v) is 12.1. The summed E-state index contributed by atoms with van der Waals surface area (Å²) in [5, 5.41) is 2.95. The normalized spacial score (nSPS) is 16.8. The van der Waals surface area contributed by atoms with Gasteiger partial charge in [-0.05, 0) is 43.0 Å². The van der Waals surface area contributed by atoms with Gasteiger partial charge in [0.1, 0.15) is 0 Å². The third-order valence-corrected chi connectivity index (χ3v) is 8.31. The van der Waals surface area contributed by atoms with Crippen LogP contribution in [0.25, 0.3) is 0 Å². The van der Waals surface area contributed by atoms with Crippen molar-refractivity contribution in [1.82, 2.24) is 4.31 Å². The lowest BCUT2D eigenvalue weighted by atomic mass is 9.98. The number of halogens is 2. The van der Waals surface area contributed by atoms with Gasteiger partial charge in [0.05, 0.1) is 15.5 Å². The highest BCUT2D eigenvalue weighted by Crippen LogP contribution is 2.28. The van der Waals surface area contributed by atoms with Crippen molar-refractivity contribution >= 4 is 25.5 Å². The molecule has 10 heteroatoms. The molecule has 1 N–H and O–H groups in total. The summed E-state index contributed by atoms with van der Waals surface area (Å²) in [6, 6.07) is 13.8. The van der Waals surface area contributed by atoms with Crippen LogP contribution in [0.4, 0.5) is 14.5 Å². The Morgan fingerprint density at radius 3 is 2.14 bits per heavy atom. The number of hydrogen-bond acceptors (Lipinski definition) is 5. The van der Waals surface area contributed by atoms with E-state index in [2.05, 4.69) is 5.32 Å². The third-order valence-electron chi connectivity index (χ3n) is 4.96. The molecule has 1 fully saturated rings. The average Bonchev–Trinajstić information content (AvgIpc) is 2.73. The monoisotopic (exact) mass is 444 g/mol. The van der Waals surface area contributed by atoms with E-state index in [4.69, 9.17) is 0 Å². The molecule has 0 amide bonds. The van der Waals surface area contributed by atoms with Gasteiger partial charge in [0.2, 0.25) is 19.9 Å². The Hall–Kier alpha value is -2.04. The number of nitrogens with zero attached hydrogens (tertiary/aromatic N) is 1. The summed E-state index contributed by atoms with van der Waals surface area (Å²) in [7, 11) is -8.24.